The quantitative estimate of drug-likeness (QED) is 0.699. The first-order valence-electron chi connectivity index (χ1n) is 8.33. The first kappa shape index (κ1) is 16.3. The summed E-state index contributed by atoms with van der Waals surface area (Å²) in [6.45, 7) is 0.697. The molecule has 0 atom stereocenters. The molecule has 0 amide bonds. The van der Waals surface area contributed by atoms with E-state index in [0.29, 0.717) is 48.0 Å². The van der Waals surface area contributed by atoms with Crippen LogP contribution in [0, 0.1) is 5.82 Å². The first-order chi connectivity index (χ1) is 12.7. The number of benzene rings is 2. The van der Waals surface area contributed by atoms with Crippen molar-refractivity contribution < 1.29 is 18.7 Å². The predicted molar refractivity (Wildman–Crippen MR) is 94.8 cm³/mol. The summed E-state index contributed by atoms with van der Waals surface area (Å²) in [6.07, 6.45) is 2.04. The Labute approximate surface area is 150 Å². The lowest BCUT2D eigenvalue weighted by Crippen LogP contribution is -2.15. The zero-order valence-electron chi connectivity index (χ0n) is 13.9. The standard InChI is InChI=1S/C21H16FNO3/c22-18-4-2-1-3-16(18)19-11-14(7-9-23-19)13-26-15-5-6-17-20(24)8-10-25-21(17)12-15/h1-7,9,11-12H,8,10,13H2. The molecule has 0 fully saturated rings. The van der Waals surface area contributed by atoms with Crippen LogP contribution in [0.1, 0.15) is 22.3 Å². The van der Waals surface area contributed by atoms with Crippen molar-refractivity contribution in [2.75, 3.05) is 6.61 Å². The van der Waals surface area contributed by atoms with Gasteiger partial charge in [0, 0.05) is 24.2 Å². The molecular formula is C21H16FNO3. The molecule has 1 aromatic heterocycles. The highest BCUT2D eigenvalue weighted by Crippen LogP contribution is 2.29. The third kappa shape index (κ3) is 3.28. The maximum absolute atomic E-state index is 13.9. The van der Waals surface area contributed by atoms with Crippen molar-refractivity contribution in [3.8, 4) is 22.8 Å². The van der Waals surface area contributed by atoms with Gasteiger partial charge in [-0.15, -0.1) is 0 Å². The maximum atomic E-state index is 13.9. The van der Waals surface area contributed by atoms with Crippen LogP contribution < -0.4 is 9.47 Å². The third-order valence-corrected chi connectivity index (χ3v) is 4.22. The zero-order chi connectivity index (χ0) is 17.9. The second kappa shape index (κ2) is 6.96. The minimum Gasteiger partial charge on any atom is -0.492 e. The topological polar surface area (TPSA) is 48.4 Å². The monoisotopic (exact) mass is 349 g/mol. The van der Waals surface area contributed by atoms with E-state index < -0.39 is 0 Å². The molecule has 0 bridgehead atoms. The highest BCUT2D eigenvalue weighted by molar-refractivity contribution is 5.99. The first-order valence-corrected chi connectivity index (χ1v) is 8.33. The Balaban J connectivity index is 1.51. The van der Waals surface area contributed by atoms with Gasteiger partial charge in [-0.2, -0.15) is 0 Å². The Kier molecular flexibility index (Phi) is 4.35. The summed E-state index contributed by atoms with van der Waals surface area (Å²) in [5.74, 6) is 0.944. The molecule has 0 radical (unpaired) electrons. The van der Waals surface area contributed by atoms with Gasteiger partial charge in [-0.1, -0.05) is 12.1 Å². The number of Topliss-reactive ketones (excluding diaryl/α,β-unsaturated/α-hetero) is 1. The van der Waals surface area contributed by atoms with Gasteiger partial charge in [-0.3, -0.25) is 9.78 Å². The van der Waals surface area contributed by atoms with E-state index >= 15 is 0 Å². The molecule has 26 heavy (non-hydrogen) atoms. The maximum Gasteiger partial charge on any atom is 0.169 e. The molecule has 0 spiro atoms. The van der Waals surface area contributed by atoms with Crippen LogP contribution in [0.3, 0.4) is 0 Å². The summed E-state index contributed by atoms with van der Waals surface area (Å²) < 4.78 is 25.3. The van der Waals surface area contributed by atoms with Gasteiger partial charge in [0.15, 0.2) is 5.78 Å². The molecule has 0 unspecified atom stereocenters. The number of ketones is 1. The molecule has 0 N–H and O–H groups in total. The molecule has 130 valence electrons. The molecule has 4 nitrogen and oxygen atoms in total. The number of rotatable bonds is 4. The molecule has 1 aliphatic rings. The van der Waals surface area contributed by atoms with Crippen molar-refractivity contribution in [2.45, 2.75) is 13.0 Å². The third-order valence-electron chi connectivity index (χ3n) is 4.22. The number of halogens is 1. The van der Waals surface area contributed by atoms with Gasteiger partial charge in [0.2, 0.25) is 0 Å². The highest BCUT2D eigenvalue weighted by Gasteiger charge is 2.18. The lowest BCUT2D eigenvalue weighted by Gasteiger charge is -2.17. The van der Waals surface area contributed by atoms with Crippen molar-refractivity contribution in [3.63, 3.8) is 0 Å². The average molecular weight is 349 g/mol. The van der Waals surface area contributed by atoms with E-state index in [9.17, 15) is 9.18 Å². The van der Waals surface area contributed by atoms with Crippen LogP contribution in [0.2, 0.25) is 0 Å². The van der Waals surface area contributed by atoms with Crippen molar-refractivity contribution >= 4 is 5.78 Å². The van der Waals surface area contributed by atoms with E-state index in [1.807, 2.05) is 6.07 Å². The van der Waals surface area contributed by atoms with E-state index in [1.165, 1.54) is 6.07 Å². The zero-order valence-corrected chi connectivity index (χ0v) is 13.9. The summed E-state index contributed by atoms with van der Waals surface area (Å²) in [7, 11) is 0. The van der Waals surface area contributed by atoms with E-state index in [0.717, 1.165) is 5.56 Å². The Morgan fingerprint density at radius 1 is 1.08 bits per heavy atom. The molecular weight excluding hydrogens is 333 g/mol. The SMILES string of the molecule is O=C1CCOc2cc(OCc3ccnc(-c4ccccc4F)c3)ccc21. The Bertz CT molecular complexity index is 971. The lowest BCUT2D eigenvalue weighted by molar-refractivity contribution is 0.0933. The van der Waals surface area contributed by atoms with Crippen LogP contribution in [-0.4, -0.2) is 17.4 Å². The number of nitrogens with zero attached hydrogens (tertiary/aromatic N) is 1. The largest absolute Gasteiger partial charge is 0.492 e. The molecule has 2 heterocycles. The van der Waals surface area contributed by atoms with E-state index in [1.54, 1.807) is 48.7 Å². The summed E-state index contributed by atoms with van der Waals surface area (Å²) in [5, 5.41) is 0. The summed E-state index contributed by atoms with van der Waals surface area (Å²) in [5.41, 5.74) is 2.47. The van der Waals surface area contributed by atoms with Gasteiger partial charge in [-0.05, 0) is 42.0 Å². The van der Waals surface area contributed by atoms with E-state index in [-0.39, 0.29) is 11.6 Å². The molecule has 0 saturated heterocycles. The average Bonchev–Trinajstić information content (AvgIpc) is 2.67. The van der Waals surface area contributed by atoms with Gasteiger partial charge in [0.1, 0.15) is 23.9 Å². The number of carbonyl (C=O) groups is 1. The Hall–Kier alpha value is -3.21. The molecule has 5 heteroatoms. The number of hydrogen-bond donors (Lipinski definition) is 0. The van der Waals surface area contributed by atoms with Gasteiger partial charge >= 0.3 is 0 Å². The number of fused-ring (bicyclic) bond motifs is 1. The van der Waals surface area contributed by atoms with Crippen LogP contribution in [0.5, 0.6) is 11.5 Å². The molecule has 3 aromatic rings. The van der Waals surface area contributed by atoms with E-state index in [2.05, 4.69) is 4.98 Å². The lowest BCUT2D eigenvalue weighted by atomic mass is 10.1. The second-order valence-electron chi connectivity index (χ2n) is 6.00. The fourth-order valence-corrected chi connectivity index (χ4v) is 2.88. The van der Waals surface area contributed by atoms with Crippen LogP contribution in [-0.2, 0) is 6.61 Å². The smallest absolute Gasteiger partial charge is 0.169 e. The van der Waals surface area contributed by atoms with Gasteiger partial charge in [0.25, 0.3) is 0 Å². The minimum absolute atomic E-state index is 0.0847. The summed E-state index contributed by atoms with van der Waals surface area (Å²) in [4.78, 5) is 16.1. The minimum atomic E-state index is -0.311. The van der Waals surface area contributed by atoms with Crippen molar-refractivity contribution in [3.05, 3.63) is 77.7 Å². The molecule has 0 saturated carbocycles. The number of aromatic nitrogens is 1. The van der Waals surface area contributed by atoms with Crippen LogP contribution in [0.15, 0.2) is 60.8 Å². The normalized spacial score (nSPS) is 13.0. The molecule has 2 aromatic carbocycles. The number of pyridine rings is 1. The van der Waals surface area contributed by atoms with Gasteiger partial charge < -0.3 is 9.47 Å². The Morgan fingerprint density at radius 3 is 2.85 bits per heavy atom. The molecule has 4 rings (SSSR count). The van der Waals surface area contributed by atoms with Gasteiger partial charge in [-0.25, -0.2) is 4.39 Å². The Morgan fingerprint density at radius 2 is 1.96 bits per heavy atom. The fraction of sp³-hybridized carbons (Fsp3) is 0.143. The predicted octanol–water partition coefficient (Wildman–Crippen LogP) is 4.43. The van der Waals surface area contributed by atoms with Crippen molar-refractivity contribution in [1.82, 2.24) is 4.98 Å². The summed E-state index contributed by atoms with van der Waals surface area (Å²) in [6, 6.07) is 15.4. The van der Waals surface area contributed by atoms with Crippen LogP contribution >= 0.6 is 0 Å². The van der Waals surface area contributed by atoms with Gasteiger partial charge in [0.05, 0.1) is 17.9 Å². The molecule has 0 aliphatic carbocycles. The summed E-state index contributed by atoms with van der Waals surface area (Å²) >= 11 is 0. The van der Waals surface area contributed by atoms with Crippen LogP contribution in [0.25, 0.3) is 11.3 Å². The van der Waals surface area contributed by atoms with Crippen molar-refractivity contribution in [2.24, 2.45) is 0 Å². The number of hydrogen-bond acceptors (Lipinski definition) is 4. The van der Waals surface area contributed by atoms with Crippen molar-refractivity contribution in [1.29, 1.82) is 0 Å². The van der Waals surface area contributed by atoms with E-state index in [4.69, 9.17) is 9.47 Å². The fourth-order valence-electron chi connectivity index (χ4n) is 2.88. The molecule has 1 aliphatic heterocycles. The second-order valence-corrected chi connectivity index (χ2v) is 6.00. The number of carbonyl (C=O) groups excluding carboxylic acids is 1. The highest BCUT2D eigenvalue weighted by atomic mass is 19.1. The van der Waals surface area contributed by atoms with Crippen LogP contribution in [0.4, 0.5) is 4.39 Å². The number of ether oxygens (including phenoxy) is 2.